The number of hydrogen-bond donors (Lipinski definition) is 3. The maximum atomic E-state index is 11.3. The number of nitrogens with one attached hydrogen (secondary N) is 2. The van der Waals surface area contributed by atoms with Crippen LogP contribution in [0.4, 0.5) is 10.6 Å². The number of carbonyl (C=O) groups is 2. The molecular formula is C9H12N4O3. The third kappa shape index (κ3) is 3.21. The fourth-order valence-electron chi connectivity index (χ4n) is 0.993. The van der Waals surface area contributed by atoms with Crippen molar-refractivity contribution in [1.29, 1.82) is 0 Å². The van der Waals surface area contributed by atoms with Gasteiger partial charge in [-0.05, 0) is 19.1 Å². The third-order valence-electron chi connectivity index (χ3n) is 1.64. The lowest BCUT2D eigenvalue weighted by Crippen LogP contribution is -2.34. The van der Waals surface area contributed by atoms with E-state index in [1.54, 1.807) is 6.92 Å². The van der Waals surface area contributed by atoms with Gasteiger partial charge in [0.25, 0.3) is 0 Å². The third-order valence-corrected chi connectivity index (χ3v) is 1.64. The fourth-order valence-corrected chi connectivity index (χ4v) is 0.993. The monoisotopic (exact) mass is 224 g/mol. The SMILES string of the molecule is CCOC(=O)c1ccnc(NC(=O)NN)c1. The standard InChI is InChI=1S/C9H12N4O3/c1-2-16-8(14)6-3-4-11-7(5-6)12-9(15)13-10/h3-5H,2,10H2,1H3,(H2,11,12,13,15). The average molecular weight is 224 g/mol. The summed E-state index contributed by atoms with van der Waals surface area (Å²) in [4.78, 5) is 26.1. The predicted octanol–water partition coefficient (Wildman–Crippen LogP) is 0.254. The van der Waals surface area contributed by atoms with Gasteiger partial charge in [-0.2, -0.15) is 0 Å². The molecule has 0 saturated carbocycles. The van der Waals surface area contributed by atoms with Crippen LogP contribution in [0, 0.1) is 0 Å². The van der Waals surface area contributed by atoms with Gasteiger partial charge in [-0.25, -0.2) is 20.4 Å². The van der Waals surface area contributed by atoms with Gasteiger partial charge in [-0.1, -0.05) is 0 Å². The number of carbonyl (C=O) groups excluding carboxylic acids is 2. The minimum atomic E-state index is -0.617. The van der Waals surface area contributed by atoms with Crippen LogP contribution in [0.15, 0.2) is 18.3 Å². The molecule has 0 unspecified atom stereocenters. The summed E-state index contributed by atoms with van der Waals surface area (Å²) in [6, 6.07) is 2.27. The van der Waals surface area contributed by atoms with Gasteiger partial charge in [0.15, 0.2) is 0 Å². The molecule has 1 aromatic heterocycles. The Hall–Kier alpha value is -2.15. The van der Waals surface area contributed by atoms with Crippen molar-refractivity contribution in [3.05, 3.63) is 23.9 Å². The molecule has 16 heavy (non-hydrogen) atoms. The van der Waals surface area contributed by atoms with Crippen molar-refractivity contribution in [1.82, 2.24) is 10.4 Å². The zero-order valence-corrected chi connectivity index (χ0v) is 8.69. The van der Waals surface area contributed by atoms with Crippen LogP contribution in [0.2, 0.25) is 0 Å². The lowest BCUT2D eigenvalue weighted by atomic mass is 10.2. The summed E-state index contributed by atoms with van der Waals surface area (Å²) in [5, 5.41) is 2.34. The van der Waals surface area contributed by atoms with E-state index in [-0.39, 0.29) is 12.4 Å². The number of amides is 2. The van der Waals surface area contributed by atoms with Gasteiger partial charge in [0.2, 0.25) is 0 Å². The second-order valence-corrected chi connectivity index (χ2v) is 2.75. The Morgan fingerprint density at radius 1 is 1.56 bits per heavy atom. The van der Waals surface area contributed by atoms with Gasteiger partial charge in [0, 0.05) is 6.20 Å². The molecule has 86 valence electrons. The number of anilines is 1. The molecule has 0 atom stereocenters. The number of urea groups is 1. The zero-order valence-electron chi connectivity index (χ0n) is 8.69. The molecule has 2 amide bonds. The predicted molar refractivity (Wildman–Crippen MR) is 56.5 cm³/mol. The van der Waals surface area contributed by atoms with Crippen molar-refractivity contribution in [3.8, 4) is 0 Å². The Morgan fingerprint density at radius 3 is 2.94 bits per heavy atom. The molecule has 1 aromatic rings. The highest BCUT2D eigenvalue weighted by Crippen LogP contribution is 2.07. The normalized spacial score (nSPS) is 9.38. The number of nitrogens with zero attached hydrogens (tertiary/aromatic N) is 1. The van der Waals surface area contributed by atoms with Crippen molar-refractivity contribution in [2.75, 3.05) is 11.9 Å². The fraction of sp³-hybridized carbons (Fsp3) is 0.222. The van der Waals surface area contributed by atoms with Gasteiger partial charge >= 0.3 is 12.0 Å². The summed E-state index contributed by atoms with van der Waals surface area (Å²) in [6.45, 7) is 1.99. The molecule has 1 rings (SSSR count). The highest BCUT2D eigenvalue weighted by atomic mass is 16.5. The Balaban J connectivity index is 2.78. The number of pyridine rings is 1. The van der Waals surface area contributed by atoms with E-state index in [4.69, 9.17) is 10.6 Å². The molecule has 1 heterocycles. The molecule has 0 aliphatic carbocycles. The minimum absolute atomic E-state index is 0.216. The van der Waals surface area contributed by atoms with Gasteiger partial charge in [0.05, 0.1) is 12.2 Å². The molecule has 4 N–H and O–H groups in total. The first-order valence-electron chi connectivity index (χ1n) is 4.58. The highest BCUT2D eigenvalue weighted by Gasteiger charge is 2.08. The summed E-state index contributed by atoms with van der Waals surface area (Å²) in [6.07, 6.45) is 1.39. The van der Waals surface area contributed by atoms with Gasteiger partial charge in [-0.3, -0.25) is 10.7 Å². The van der Waals surface area contributed by atoms with Gasteiger partial charge in [-0.15, -0.1) is 0 Å². The molecule has 0 fully saturated rings. The quantitative estimate of drug-likeness (QED) is 0.295. The molecule has 0 aromatic carbocycles. The second-order valence-electron chi connectivity index (χ2n) is 2.75. The topological polar surface area (TPSA) is 106 Å². The smallest absolute Gasteiger partial charge is 0.338 e. The number of nitrogens with two attached hydrogens (primary N) is 1. The van der Waals surface area contributed by atoms with Crippen LogP contribution in [0.25, 0.3) is 0 Å². The van der Waals surface area contributed by atoms with E-state index in [0.29, 0.717) is 5.56 Å². The van der Waals surface area contributed by atoms with E-state index in [2.05, 4.69) is 10.3 Å². The van der Waals surface area contributed by atoms with Crippen LogP contribution in [-0.4, -0.2) is 23.6 Å². The number of aromatic nitrogens is 1. The van der Waals surface area contributed by atoms with Crippen molar-refractivity contribution in [2.24, 2.45) is 5.84 Å². The van der Waals surface area contributed by atoms with Crippen molar-refractivity contribution in [3.63, 3.8) is 0 Å². The molecular weight excluding hydrogens is 212 g/mol. The largest absolute Gasteiger partial charge is 0.462 e. The Morgan fingerprint density at radius 2 is 2.31 bits per heavy atom. The zero-order chi connectivity index (χ0) is 12.0. The maximum Gasteiger partial charge on any atom is 0.338 e. The van der Waals surface area contributed by atoms with Crippen molar-refractivity contribution < 1.29 is 14.3 Å². The van der Waals surface area contributed by atoms with E-state index < -0.39 is 12.0 Å². The van der Waals surface area contributed by atoms with E-state index in [1.165, 1.54) is 18.3 Å². The molecule has 0 aliphatic heterocycles. The first-order chi connectivity index (χ1) is 7.67. The molecule has 0 aliphatic rings. The summed E-state index contributed by atoms with van der Waals surface area (Å²) in [5.41, 5.74) is 2.19. The molecule has 0 saturated heterocycles. The first kappa shape index (κ1) is 11.9. The average Bonchev–Trinajstić information content (AvgIpc) is 2.29. The van der Waals surface area contributed by atoms with Gasteiger partial charge in [0.1, 0.15) is 5.82 Å². The lowest BCUT2D eigenvalue weighted by Gasteiger charge is -2.05. The molecule has 0 radical (unpaired) electrons. The van der Waals surface area contributed by atoms with E-state index >= 15 is 0 Å². The van der Waals surface area contributed by atoms with Crippen LogP contribution < -0.4 is 16.6 Å². The summed E-state index contributed by atoms with van der Waals surface area (Å²) < 4.78 is 4.79. The number of hydrazine groups is 1. The number of esters is 1. The molecule has 0 spiro atoms. The van der Waals surface area contributed by atoms with E-state index in [9.17, 15) is 9.59 Å². The van der Waals surface area contributed by atoms with Crippen LogP contribution in [0.5, 0.6) is 0 Å². The second kappa shape index (κ2) is 5.66. The summed E-state index contributed by atoms with van der Waals surface area (Å²) in [5.74, 6) is 4.63. The van der Waals surface area contributed by atoms with Crippen molar-refractivity contribution in [2.45, 2.75) is 6.92 Å². The molecule has 7 heteroatoms. The maximum absolute atomic E-state index is 11.3. The number of rotatable bonds is 3. The summed E-state index contributed by atoms with van der Waals surface area (Å²) >= 11 is 0. The van der Waals surface area contributed by atoms with E-state index in [0.717, 1.165) is 0 Å². The van der Waals surface area contributed by atoms with Crippen molar-refractivity contribution >= 4 is 17.8 Å². The molecule has 7 nitrogen and oxygen atoms in total. The van der Waals surface area contributed by atoms with Crippen LogP contribution >= 0.6 is 0 Å². The first-order valence-corrected chi connectivity index (χ1v) is 4.58. The lowest BCUT2D eigenvalue weighted by molar-refractivity contribution is 0.0526. The van der Waals surface area contributed by atoms with Crippen LogP contribution in [-0.2, 0) is 4.74 Å². The minimum Gasteiger partial charge on any atom is -0.462 e. The van der Waals surface area contributed by atoms with Gasteiger partial charge < -0.3 is 4.74 Å². The Bertz CT molecular complexity index is 394. The summed E-state index contributed by atoms with van der Waals surface area (Å²) in [7, 11) is 0. The Kier molecular flexibility index (Phi) is 4.22. The van der Waals surface area contributed by atoms with Crippen LogP contribution in [0.3, 0.4) is 0 Å². The highest BCUT2D eigenvalue weighted by molar-refractivity contribution is 5.92. The molecule has 0 bridgehead atoms. The number of ether oxygens (including phenoxy) is 1. The van der Waals surface area contributed by atoms with E-state index in [1.807, 2.05) is 5.43 Å². The Labute approximate surface area is 92.0 Å². The van der Waals surface area contributed by atoms with Crippen LogP contribution in [0.1, 0.15) is 17.3 Å². The number of hydrogen-bond acceptors (Lipinski definition) is 5.